The van der Waals surface area contributed by atoms with E-state index in [9.17, 15) is 4.79 Å². The van der Waals surface area contributed by atoms with Crippen molar-refractivity contribution in [1.29, 1.82) is 0 Å². The number of amides is 1. The molecule has 25 heavy (non-hydrogen) atoms. The van der Waals surface area contributed by atoms with Crippen LogP contribution in [0.5, 0.6) is 5.75 Å². The summed E-state index contributed by atoms with van der Waals surface area (Å²) in [6.45, 7) is 6.09. The lowest BCUT2D eigenvalue weighted by atomic mass is 10.2. The van der Waals surface area contributed by atoms with Gasteiger partial charge in [-0.25, -0.2) is 0 Å². The molecule has 0 radical (unpaired) electrons. The number of para-hydroxylation sites is 1. The Morgan fingerprint density at radius 1 is 1.20 bits per heavy atom. The topological polar surface area (TPSA) is 58.8 Å². The van der Waals surface area contributed by atoms with E-state index in [0.29, 0.717) is 26.2 Å². The molecule has 6 nitrogen and oxygen atoms in total. The third kappa shape index (κ3) is 5.90. The zero-order chi connectivity index (χ0) is 18.2. The van der Waals surface area contributed by atoms with E-state index in [0.717, 1.165) is 29.2 Å². The Morgan fingerprint density at radius 2 is 1.92 bits per heavy atom. The first-order valence-corrected chi connectivity index (χ1v) is 8.49. The summed E-state index contributed by atoms with van der Waals surface area (Å²) < 4.78 is 10.8. The van der Waals surface area contributed by atoms with Gasteiger partial charge in [-0.05, 0) is 39.4 Å². The number of aryl methyl sites for hydroxylation is 2. The lowest BCUT2D eigenvalue weighted by Crippen LogP contribution is -2.37. The number of aromatic nitrogens is 1. The van der Waals surface area contributed by atoms with Crippen molar-refractivity contribution in [2.24, 2.45) is 0 Å². The molecule has 0 saturated carbocycles. The van der Waals surface area contributed by atoms with E-state index >= 15 is 0 Å². The largest absolute Gasteiger partial charge is 0.494 e. The number of carbonyl (C=O) groups excluding carboxylic acids is 1. The Kier molecular flexibility index (Phi) is 7.01. The van der Waals surface area contributed by atoms with Crippen molar-refractivity contribution >= 4 is 5.91 Å². The molecule has 1 amide bonds. The average molecular weight is 345 g/mol. The molecule has 2 aromatic rings. The van der Waals surface area contributed by atoms with Crippen LogP contribution in [0.3, 0.4) is 0 Å². The van der Waals surface area contributed by atoms with Gasteiger partial charge in [0.05, 0.1) is 18.8 Å². The first-order chi connectivity index (χ1) is 12.0. The van der Waals surface area contributed by atoms with E-state index in [1.807, 2.05) is 63.2 Å². The highest BCUT2D eigenvalue weighted by Crippen LogP contribution is 2.14. The molecule has 2 rings (SSSR count). The second-order valence-electron chi connectivity index (χ2n) is 6.31. The quantitative estimate of drug-likeness (QED) is 0.654. The fourth-order valence-corrected chi connectivity index (χ4v) is 2.54. The molecule has 0 bridgehead atoms. The summed E-state index contributed by atoms with van der Waals surface area (Å²) in [7, 11) is 3.75. The number of ether oxygens (including phenoxy) is 1. The van der Waals surface area contributed by atoms with E-state index in [4.69, 9.17) is 9.26 Å². The maximum absolute atomic E-state index is 12.3. The van der Waals surface area contributed by atoms with Gasteiger partial charge in [-0.1, -0.05) is 23.4 Å². The number of hydrogen-bond acceptors (Lipinski definition) is 5. The minimum atomic E-state index is 0.0916. The highest BCUT2D eigenvalue weighted by atomic mass is 16.5. The van der Waals surface area contributed by atoms with Crippen molar-refractivity contribution in [2.45, 2.75) is 26.8 Å². The number of hydrogen-bond donors (Lipinski definition) is 0. The number of benzene rings is 1. The molecule has 0 atom stereocenters. The molecule has 1 heterocycles. The van der Waals surface area contributed by atoms with Crippen LogP contribution in [-0.2, 0) is 11.3 Å². The van der Waals surface area contributed by atoms with Crippen LogP contribution in [0.4, 0.5) is 0 Å². The van der Waals surface area contributed by atoms with Gasteiger partial charge in [-0.15, -0.1) is 0 Å². The van der Waals surface area contributed by atoms with Crippen molar-refractivity contribution in [1.82, 2.24) is 15.0 Å². The molecule has 0 fully saturated rings. The molecule has 0 unspecified atom stereocenters. The van der Waals surface area contributed by atoms with E-state index in [2.05, 4.69) is 5.16 Å². The molecule has 136 valence electrons. The maximum Gasteiger partial charge on any atom is 0.236 e. The fourth-order valence-electron chi connectivity index (χ4n) is 2.54. The Bertz CT molecular complexity index is 650. The van der Waals surface area contributed by atoms with E-state index < -0.39 is 0 Å². The maximum atomic E-state index is 12.3. The zero-order valence-corrected chi connectivity index (χ0v) is 15.5. The molecule has 1 aromatic heterocycles. The molecule has 0 aliphatic rings. The first kappa shape index (κ1) is 19.0. The zero-order valence-electron chi connectivity index (χ0n) is 15.5. The fraction of sp³-hybridized carbons (Fsp3) is 0.474. The van der Waals surface area contributed by atoms with Crippen LogP contribution >= 0.6 is 0 Å². The van der Waals surface area contributed by atoms with Crippen molar-refractivity contribution < 1.29 is 14.1 Å². The first-order valence-electron chi connectivity index (χ1n) is 8.49. The van der Waals surface area contributed by atoms with Gasteiger partial charge in [-0.2, -0.15) is 0 Å². The van der Waals surface area contributed by atoms with Gasteiger partial charge < -0.3 is 14.2 Å². The summed E-state index contributed by atoms with van der Waals surface area (Å²) in [4.78, 5) is 16.0. The minimum absolute atomic E-state index is 0.0916. The van der Waals surface area contributed by atoms with Crippen LogP contribution in [0.2, 0.25) is 0 Å². The Balaban J connectivity index is 1.69. The highest BCUT2D eigenvalue weighted by molar-refractivity contribution is 5.77. The molecule has 0 N–H and O–H groups in total. The molecule has 6 heteroatoms. The number of likely N-dealkylation sites (N-methyl/N-ethyl adjacent to an activating group) is 2. The summed E-state index contributed by atoms with van der Waals surface area (Å²) in [6, 6.07) is 9.70. The van der Waals surface area contributed by atoms with Crippen molar-refractivity contribution in [3.8, 4) is 5.75 Å². The van der Waals surface area contributed by atoms with Crippen LogP contribution in [0, 0.1) is 13.8 Å². The summed E-state index contributed by atoms with van der Waals surface area (Å²) in [5.41, 5.74) is 1.93. The molecule has 0 saturated heterocycles. The van der Waals surface area contributed by atoms with Crippen molar-refractivity contribution in [3.05, 3.63) is 47.3 Å². The monoisotopic (exact) mass is 345 g/mol. The standard InChI is InChI=1S/C19H27N3O3/c1-15-18(16(2)25-20-15)13-21(3)14-19(23)22(4)11-8-12-24-17-9-6-5-7-10-17/h5-7,9-10H,8,11-14H2,1-4H3. The van der Waals surface area contributed by atoms with Gasteiger partial charge >= 0.3 is 0 Å². The van der Waals surface area contributed by atoms with Gasteiger partial charge in [0.1, 0.15) is 11.5 Å². The third-order valence-corrected chi connectivity index (χ3v) is 4.09. The van der Waals surface area contributed by atoms with Crippen molar-refractivity contribution in [3.63, 3.8) is 0 Å². The van der Waals surface area contributed by atoms with Gasteiger partial charge in [0, 0.05) is 25.7 Å². The number of rotatable bonds is 9. The second-order valence-corrected chi connectivity index (χ2v) is 6.31. The number of nitrogens with zero attached hydrogens (tertiary/aromatic N) is 3. The molecule has 0 aliphatic heterocycles. The number of carbonyl (C=O) groups is 1. The third-order valence-electron chi connectivity index (χ3n) is 4.09. The Morgan fingerprint density at radius 3 is 2.56 bits per heavy atom. The summed E-state index contributed by atoms with van der Waals surface area (Å²) in [5.74, 6) is 1.76. The lowest BCUT2D eigenvalue weighted by Gasteiger charge is -2.22. The van der Waals surface area contributed by atoms with Gasteiger partial charge in [0.2, 0.25) is 5.91 Å². The van der Waals surface area contributed by atoms with Crippen LogP contribution in [0.15, 0.2) is 34.9 Å². The minimum Gasteiger partial charge on any atom is -0.494 e. The van der Waals surface area contributed by atoms with Crippen LogP contribution in [0.1, 0.15) is 23.4 Å². The van der Waals surface area contributed by atoms with Crippen molar-refractivity contribution in [2.75, 3.05) is 33.8 Å². The van der Waals surface area contributed by atoms with Crippen LogP contribution < -0.4 is 4.74 Å². The molecular weight excluding hydrogens is 318 g/mol. The SMILES string of the molecule is Cc1noc(C)c1CN(C)CC(=O)N(C)CCCOc1ccccc1. The van der Waals surface area contributed by atoms with Gasteiger partial charge in [0.15, 0.2) is 0 Å². The molecule has 1 aromatic carbocycles. The van der Waals surface area contributed by atoms with Crippen LogP contribution in [0.25, 0.3) is 0 Å². The Hall–Kier alpha value is -2.34. The smallest absolute Gasteiger partial charge is 0.236 e. The molecule has 0 spiro atoms. The normalized spacial score (nSPS) is 10.9. The van der Waals surface area contributed by atoms with E-state index in [-0.39, 0.29) is 5.91 Å². The second kappa shape index (κ2) is 9.22. The summed E-state index contributed by atoms with van der Waals surface area (Å²) in [5, 5.41) is 3.95. The molecular formula is C19H27N3O3. The Labute approximate surface area is 149 Å². The molecule has 0 aliphatic carbocycles. The predicted octanol–water partition coefficient (Wildman–Crippen LogP) is 2.65. The van der Waals surface area contributed by atoms with Crippen LogP contribution in [-0.4, -0.2) is 54.7 Å². The van der Waals surface area contributed by atoms with Gasteiger partial charge in [-0.3, -0.25) is 9.69 Å². The highest BCUT2D eigenvalue weighted by Gasteiger charge is 2.15. The lowest BCUT2D eigenvalue weighted by molar-refractivity contribution is -0.131. The van der Waals surface area contributed by atoms with E-state index in [1.165, 1.54) is 0 Å². The average Bonchev–Trinajstić information content (AvgIpc) is 2.91. The summed E-state index contributed by atoms with van der Waals surface area (Å²) >= 11 is 0. The summed E-state index contributed by atoms with van der Waals surface area (Å²) in [6.07, 6.45) is 0.796. The van der Waals surface area contributed by atoms with E-state index in [1.54, 1.807) is 4.90 Å². The predicted molar refractivity (Wildman–Crippen MR) is 96.5 cm³/mol. The van der Waals surface area contributed by atoms with Gasteiger partial charge in [0.25, 0.3) is 0 Å².